The van der Waals surface area contributed by atoms with Gasteiger partial charge in [-0.05, 0) is 44.2 Å². The van der Waals surface area contributed by atoms with Crippen LogP contribution in [0.4, 0.5) is 8.78 Å². The molecule has 40 heavy (non-hydrogen) atoms. The number of amides is 2. The smallest absolute Gasteiger partial charge is 0.255 e. The number of fused-ring (bicyclic) bond motifs is 5. The third-order valence-electron chi connectivity index (χ3n) is 8.42. The minimum absolute atomic E-state index is 0.0936. The number of carbonyl (C=O) groups is 2. The van der Waals surface area contributed by atoms with Crippen LogP contribution < -0.4 is 20.1 Å². The lowest BCUT2D eigenvalue weighted by molar-refractivity contribution is -0.129. The molecule has 5 rings (SSSR count). The molecule has 1 aliphatic carbocycles. The van der Waals surface area contributed by atoms with Crippen molar-refractivity contribution in [1.29, 1.82) is 0 Å². The Morgan fingerprint density at radius 3 is 2.58 bits per heavy atom. The topological polar surface area (TPSA) is 126 Å². The van der Waals surface area contributed by atoms with Crippen molar-refractivity contribution in [3.8, 4) is 5.75 Å². The van der Waals surface area contributed by atoms with E-state index in [0.717, 1.165) is 6.26 Å². The number of carbonyl (C=O) groups excluding carboxylic acids is 2. The Balaban J connectivity index is 1.40. The maximum atomic E-state index is 13.9. The Morgan fingerprint density at radius 1 is 1.07 bits per heavy atom. The third kappa shape index (κ3) is 7.10. The fraction of sp³-hybridized carbons (Fsp3) is 0.704. The second-order valence-electron chi connectivity index (χ2n) is 11.5. The second-order valence-corrected chi connectivity index (χ2v) is 13.2. The van der Waals surface area contributed by atoms with E-state index in [4.69, 9.17) is 9.47 Å². The molecule has 2 saturated heterocycles. The van der Waals surface area contributed by atoms with Crippen LogP contribution in [-0.2, 0) is 19.6 Å². The molecule has 0 spiro atoms. The number of rotatable bonds is 3. The molecule has 1 aromatic carbocycles. The van der Waals surface area contributed by atoms with Crippen molar-refractivity contribution >= 4 is 21.8 Å². The van der Waals surface area contributed by atoms with Crippen LogP contribution in [0.25, 0.3) is 0 Å². The first-order valence-corrected chi connectivity index (χ1v) is 15.9. The number of alkyl halides is 2. The predicted octanol–water partition coefficient (Wildman–Crippen LogP) is 1.80. The van der Waals surface area contributed by atoms with Gasteiger partial charge in [0.25, 0.3) is 5.91 Å². The average molecular weight is 585 g/mol. The largest absolute Gasteiger partial charge is 0.493 e. The zero-order valence-corrected chi connectivity index (χ0v) is 23.4. The Hall–Kier alpha value is -2.35. The van der Waals surface area contributed by atoms with Crippen molar-refractivity contribution in [3.05, 3.63) is 29.8 Å². The molecule has 3 N–H and O–H groups in total. The van der Waals surface area contributed by atoms with Gasteiger partial charge in [-0.2, -0.15) is 0 Å². The molecule has 0 unspecified atom stereocenters. The number of nitrogens with one attached hydrogen (secondary N) is 3. The number of halogens is 2. The molecular formula is C27H38F2N4O6S. The molecule has 2 amide bonds. The number of likely N-dealkylation sites (tertiary alicyclic amines) is 1. The van der Waals surface area contributed by atoms with Gasteiger partial charge in [-0.1, -0.05) is 12.1 Å². The van der Waals surface area contributed by atoms with Gasteiger partial charge in [0.2, 0.25) is 21.9 Å². The number of sulfonamides is 1. The highest BCUT2D eigenvalue weighted by molar-refractivity contribution is 7.88. The van der Waals surface area contributed by atoms with Crippen molar-refractivity contribution in [2.75, 3.05) is 26.0 Å². The Kier molecular flexibility index (Phi) is 8.65. The second kappa shape index (κ2) is 11.9. The third-order valence-corrected chi connectivity index (χ3v) is 9.15. The van der Waals surface area contributed by atoms with Crippen LogP contribution in [0, 0.1) is 0 Å². The molecule has 4 aliphatic rings. The molecule has 3 heterocycles. The number of nitrogens with zero attached hydrogens (tertiary/aromatic N) is 1. The van der Waals surface area contributed by atoms with Crippen LogP contribution in [0.15, 0.2) is 24.3 Å². The molecule has 1 saturated carbocycles. The molecule has 1 aromatic rings. The van der Waals surface area contributed by atoms with Crippen molar-refractivity contribution in [3.63, 3.8) is 0 Å². The normalized spacial score (nSPS) is 32.4. The average Bonchev–Trinajstić information content (AvgIpc) is 3.31. The Bertz CT molecular complexity index is 1190. The summed E-state index contributed by atoms with van der Waals surface area (Å²) in [4.78, 5) is 28.8. The summed E-state index contributed by atoms with van der Waals surface area (Å²) in [6.07, 6.45) is 2.34. The van der Waals surface area contributed by atoms with Gasteiger partial charge in [0.1, 0.15) is 5.75 Å². The molecule has 5 atom stereocenters. The molecular weight excluding hydrogens is 546 g/mol. The predicted molar refractivity (Wildman–Crippen MR) is 143 cm³/mol. The Labute approximate surface area is 233 Å². The zero-order valence-electron chi connectivity index (χ0n) is 22.6. The van der Waals surface area contributed by atoms with Gasteiger partial charge in [0.05, 0.1) is 36.7 Å². The van der Waals surface area contributed by atoms with Gasteiger partial charge in [-0.3, -0.25) is 14.5 Å². The van der Waals surface area contributed by atoms with E-state index in [9.17, 15) is 26.8 Å². The summed E-state index contributed by atoms with van der Waals surface area (Å²) in [5.41, 5.74) is 0.381. The first kappa shape index (κ1) is 29.2. The van der Waals surface area contributed by atoms with Crippen molar-refractivity contribution in [2.45, 2.75) is 93.7 Å². The standard InChI is InChI=1S/C27H38F2N4O6S/c1-40(36,37)32-21-7-6-19-10-13-38-23-5-3-2-4-20(23)25(34)31-17-14-22(26(35)30-15-24(21)39-19)33(16-17)18-8-11-27(28,29)12-9-18/h2-5,17-19,21-22,24,32H,6-16H2,1H3,(H,30,35)(H,31,34)/t17-,19-,21+,22-,24+/m0/s1. The van der Waals surface area contributed by atoms with Crippen LogP contribution >= 0.6 is 0 Å². The summed E-state index contributed by atoms with van der Waals surface area (Å²) in [6, 6.07) is 5.27. The highest BCUT2D eigenvalue weighted by Crippen LogP contribution is 2.37. The van der Waals surface area contributed by atoms with Crippen molar-refractivity contribution in [2.24, 2.45) is 0 Å². The fourth-order valence-electron chi connectivity index (χ4n) is 6.42. The van der Waals surface area contributed by atoms with Gasteiger partial charge in [0, 0.05) is 50.5 Å². The van der Waals surface area contributed by atoms with E-state index < -0.39 is 34.1 Å². The van der Waals surface area contributed by atoms with Crippen molar-refractivity contribution < 1.29 is 36.3 Å². The molecule has 4 bridgehead atoms. The monoisotopic (exact) mass is 584 g/mol. The first-order valence-electron chi connectivity index (χ1n) is 14.0. The van der Waals surface area contributed by atoms with Gasteiger partial charge in [-0.25, -0.2) is 21.9 Å². The van der Waals surface area contributed by atoms with E-state index in [1.165, 1.54) is 0 Å². The summed E-state index contributed by atoms with van der Waals surface area (Å²) in [6.45, 7) is 0.753. The van der Waals surface area contributed by atoms with Crippen LogP contribution in [0.3, 0.4) is 0 Å². The van der Waals surface area contributed by atoms with Crippen molar-refractivity contribution in [1.82, 2.24) is 20.3 Å². The number of hydrogen-bond donors (Lipinski definition) is 3. The van der Waals surface area contributed by atoms with Crippen LogP contribution in [0.5, 0.6) is 5.75 Å². The molecule has 3 fully saturated rings. The fourth-order valence-corrected chi connectivity index (χ4v) is 7.24. The molecule has 0 radical (unpaired) electrons. The lowest BCUT2D eigenvalue weighted by Gasteiger charge is -2.38. The quantitative estimate of drug-likeness (QED) is 0.495. The van der Waals surface area contributed by atoms with E-state index >= 15 is 0 Å². The highest BCUT2D eigenvalue weighted by Gasteiger charge is 2.45. The van der Waals surface area contributed by atoms with E-state index in [2.05, 4.69) is 15.4 Å². The molecule has 13 heteroatoms. The molecule has 0 aromatic heterocycles. The van der Waals surface area contributed by atoms with E-state index in [1.807, 2.05) is 4.90 Å². The van der Waals surface area contributed by atoms with Crippen LogP contribution in [0.1, 0.15) is 61.7 Å². The summed E-state index contributed by atoms with van der Waals surface area (Å²) in [5.74, 6) is -2.86. The number of ether oxygens (including phenoxy) is 2. The maximum Gasteiger partial charge on any atom is 0.255 e. The van der Waals surface area contributed by atoms with E-state index in [0.29, 0.717) is 50.1 Å². The number of benzene rings is 1. The minimum Gasteiger partial charge on any atom is -0.493 e. The van der Waals surface area contributed by atoms with Gasteiger partial charge in [0.15, 0.2) is 0 Å². The van der Waals surface area contributed by atoms with Crippen LogP contribution in [0.2, 0.25) is 0 Å². The molecule has 3 aliphatic heterocycles. The van der Waals surface area contributed by atoms with Gasteiger partial charge >= 0.3 is 0 Å². The minimum atomic E-state index is -3.50. The summed E-state index contributed by atoms with van der Waals surface area (Å²) in [7, 11) is -3.50. The summed E-state index contributed by atoms with van der Waals surface area (Å²) >= 11 is 0. The summed E-state index contributed by atoms with van der Waals surface area (Å²) < 4.78 is 66.7. The molecule has 222 valence electrons. The lowest BCUT2D eigenvalue weighted by atomic mass is 9.90. The lowest BCUT2D eigenvalue weighted by Crippen LogP contribution is -2.55. The van der Waals surface area contributed by atoms with Gasteiger partial charge in [-0.15, -0.1) is 0 Å². The number of hydrogen-bond acceptors (Lipinski definition) is 7. The highest BCUT2D eigenvalue weighted by atomic mass is 32.2. The van der Waals surface area contributed by atoms with E-state index in [1.54, 1.807) is 24.3 Å². The first-order chi connectivity index (χ1) is 19.0. The zero-order chi connectivity index (χ0) is 28.5. The molecule has 10 nitrogen and oxygen atoms in total. The SMILES string of the molecule is CS(=O)(=O)N[C@@H]1CC[C@H]2CCOc3ccccc3C(=O)N[C@H]3C[C@@H](C(=O)NC[C@H]1O2)N(C1CCC(F)(F)CC1)C3. The van der Waals surface area contributed by atoms with Crippen LogP contribution in [-0.4, -0.2) is 93.4 Å². The Morgan fingerprint density at radius 2 is 1.82 bits per heavy atom. The summed E-state index contributed by atoms with van der Waals surface area (Å²) in [5, 5.41) is 5.98. The van der Waals surface area contributed by atoms with E-state index in [-0.39, 0.29) is 62.2 Å². The maximum absolute atomic E-state index is 13.9. The van der Waals surface area contributed by atoms with Gasteiger partial charge < -0.3 is 20.1 Å². The number of para-hydroxylation sites is 1.